The van der Waals surface area contributed by atoms with Gasteiger partial charge in [-0.3, -0.25) is 4.84 Å². The molecule has 2 nitrogen and oxygen atoms in total. The summed E-state index contributed by atoms with van der Waals surface area (Å²) in [5.41, 5.74) is 4.53. The van der Waals surface area contributed by atoms with E-state index in [0.29, 0.717) is 6.04 Å². The quantitative estimate of drug-likeness (QED) is 0.681. The molecule has 0 spiro atoms. The minimum Gasteiger partial charge on any atom is -0.298 e. The molecule has 1 aromatic carbocycles. The third kappa shape index (κ3) is 5.33. The van der Waals surface area contributed by atoms with E-state index < -0.39 is 0 Å². The Morgan fingerprint density at radius 3 is 2.47 bits per heavy atom. The Morgan fingerprint density at radius 1 is 1.18 bits per heavy atom. The summed E-state index contributed by atoms with van der Waals surface area (Å²) in [7, 11) is 0. The van der Waals surface area contributed by atoms with Crippen molar-refractivity contribution in [3.63, 3.8) is 0 Å². The number of nitrogens with one attached hydrogen (secondary N) is 1. The predicted molar refractivity (Wildman–Crippen MR) is 72.7 cm³/mol. The van der Waals surface area contributed by atoms with Crippen molar-refractivity contribution in [2.24, 2.45) is 0 Å². The Bertz CT molecular complexity index is 286. The Morgan fingerprint density at radius 2 is 1.88 bits per heavy atom. The van der Waals surface area contributed by atoms with E-state index in [-0.39, 0.29) is 6.10 Å². The van der Waals surface area contributed by atoms with Gasteiger partial charge in [0.2, 0.25) is 0 Å². The van der Waals surface area contributed by atoms with Crippen LogP contribution in [0.1, 0.15) is 58.1 Å². The van der Waals surface area contributed by atoms with Gasteiger partial charge in [-0.2, -0.15) is 5.48 Å². The largest absolute Gasteiger partial charge is 0.298 e. The summed E-state index contributed by atoms with van der Waals surface area (Å²) in [6, 6.07) is 10.8. The summed E-state index contributed by atoms with van der Waals surface area (Å²) in [6.45, 7) is 6.45. The summed E-state index contributed by atoms with van der Waals surface area (Å²) >= 11 is 0. The summed E-state index contributed by atoms with van der Waals surface area (Å²) in [5.74, 6) is 0. The molecule has 2 unspecified atom stereocenters. The van der Waals surface area contributed by atoms with Crippen molar-refractivity contribution >= 4 is 0 Å². The first-order valence-electron chi connectivity index (χ1n) is 6.74. The van der Waals surface area contributed by atoms with E-state index in [1.807, 2.05) is 0 Å². The molecule has 0 aliphatic carbocycles. The average molecular weight is 235 g/mol. The summed E-state index contributed by atoms with van der Waals surface area (Å²) < 4.78 is 0. The lowest BCUT2D eigenvalue weighted by molar-refractivity contribution is -0.0388. The monoisotopic (exact) mass is 235 g/mol. The maximum Gasteiger partial charge on any atom is 0.0759 e. The minimum absolute atomic E-state index is 0.267. The lowest BCUT2D eigenvalue weighted by Gasteiger charge is -2.21. The molecule has 0 amide bonds. The van der Waals surface area contributed by atoms with Gasteiger partial charge in [-0.15, -0.1) is 0 Å². The molecule has 0 aromatic heterocycles. The van der Waals surface area contributed by atoms with Gasteiger partial charge >= 0.3 is 0 Å². The van der Waals surface area contributed by atoms with Crippen molar-refractivity contribution in [1.29, 1.82) is 0 Å². The molecule has 2 heteroatoms. The fraction of sp³-hybridized carbons (Fsp3) is 0.600. The van der Waals surface area contributed by atoms with Gasteiger partial charge in [-0.1, -0.05) is 57.0 Å². The van der Waals surface area contributed by atoms with Gasteiger partial charge in [0.15, 0.2) is 0 Å². The summed E-state index contributed by atoms with van der Waals surface area (Å²) in [5, 5.41) is 0. The van der Waals surface area contributed by atoms with Crippen LogP contribution in [0.25, 0.3) is 0 Å². The maximum absolute atomic E-state index is 5.65. The molecular weight excluding hydrogens is 210 g/mol. The molecule has 0 radical (unpaired) electrons. The van der Waals surface area contributed by atoms with E-state index in [1.54, 1.807) is 0 Å². The third-order valence-electron chi connectivity index (χ3n) is 3.03. The van der Waals surface area contributed by atoms with Gasteiger partial charge < -0.3 is 0 Å². The topological polar surface area (TPSA) is 21.3 Å². The summed E-state index contributed by atoms with van der Waals surface area (Å²) in [6.07, 6.45) is 4.85. The van der Waals surface area contributed by atoms with Crippen molar-refractivity contribution in [2.45, 2.75) is 58.6 Å². The highest BCUT2D eigenvalue weighted by Gasteiger charge is 2.11. The van der Waals surface area contributed by atoms with Crippen LogP contribution in [0.5, 0.6) is 0 Å². The number of rotatable bonds is 8. The Kier molecular flexibility index (Phi) is 6.90. The molecule has 0 heterocycles. The number of hydroxylamine groups is 1. The number of hydrogen-bond donors (Lipinski definition) is 1. The fourth-order valence-electron chi connectivity index (χ4n) is 1.67. The zero-order valence-electron chi connectivity index (χ0n) is 11.3. The van der Waals surface area contributed by atoms with Crippen molar-refractivity contribution in [1.82, 2.24) is 5.48 Å². The smallest absolute Gasteiger partial charge is 0.0759 e. The fourth-order valence-corrected chi connectivity index (χ4v) is 1.67. The highest BCUT2D eigenvalue weighted by atomic mass is 16.7. The molecule has 0 saturated carbocycles. The molecule has 17 heavy (non-hydrogen) atoms. The molecular formula is C15H25NO. The highest BCUT2D eigenvalue weighted by Crippen LogP contribution is 2.19. The second-order valence-electron chi connectivity index (χ2n) is 4.56. The van der Waals surface area contributed by atoms with E-state index in [2.05, 4.69) is 56.6 Å². The molecule has 2 atom stereocenters. The molecule has 1 N–H and O–H groups in total. The Labute approximate surface area is 105 Å². The predicted octanol–water partition coefficient (Wildman–Crippen LogP) is 4.24. The molecule has 0 bridgehead atoms. The average Bonchev–Trinajstić information content (AvgIpc) is 2.39. The van der Waals surface area contributed by atoms with Crippen LogP contribution >= 0.6 is 0 Å². The van der Waals surface area contributed by atoms with E-state index >= 15 is 0 Å². The van der Waals surface area contributed by atoms with E-state index in [0.717, 1.165) is 12.8 Å². The van der Waals surface area contributed by atoms with Crippen molar-refractivity contribution in [3.8, 4) is 0 Å². The van der Waals surface area contributed by atoms with E-state index in [4.69, 9.17) is 4.84 Å². The van der Waals surface area contributed by atoms with Gasteiger partial charge in [-0.25, -0.2) is 0 Å². The van der Waals surface area contributed by atoms with Crippen LogP contribution in [0.4, 0.5) is 0 Å². The van der Waals surface area contributed by atoms with Gasteiger partial charge in [0.1, 0.15) is 0 Å². The van der Waals surface area contributed by atoms with Gasteiger partial charge in [-0.05, 0) is 25.3 Å². The van der Waals surface area contributed by atoms with E-state index in [1.165, 1.54) is 18.4 Å². The third-order valence-corrected chi connectivity index (χ3v) is 3.03. The van der Waals surface area contributed by atoms with Crippen LogP contribution in [0.2, 0.25) is 0 Å². The van der Waals surface area contributed by atoms with Crippen LogP contribution < -0.4 is 5.48 Å². The van der Waals surface area contributed by atoms with Crippen molar-refractivity contribution in [2.75, 3.05) is 0 Å². The van der Waals surface area contributed by atoms with Crippen LogP contribution in [-0.2, 0) is 4.84 Å². The van der Waals surface area contributed by atoms with Crippen molar-refractivity contribution in [3.05, 3.63) is 35.9 Å². The maximum atomic E-state index is 5.65. The highest BCUT2D eigenvalue weighted by molar-refractivity contribution is 5.18. The lowest BCUT2D eigenvalue weighted by Crippen LogP contribution is -2.26. The van der Waals surface area contributed by atoms with Gasteiger partial charge in [0.25, 0.3) is 0 Å². The standard InChI is InChI=1S/C15H25NO/c1-4-6-12-15(16-17-13(3)5-2)14-10-8-7-9-11-14/h7-11,13,15-16H,4-6,12H2,1-3H3. The Balaban J connectivity index is 2.54. The van der Waals surface area contributed by atoms with Gasteiger partial charge in [0.05, 0.1) is 12.1 Å². The molecule has 96 valence electrons. The number of benzene rings is 1. The minimum atomic E-state index is 0.267. The zero-order chi connectivity index (χ0) is 12.5. The summed E-state index contributed by atoms with van der Waals surface area (Å²) in [4.78, 5) is 5.65. The number of hydrogen-bond acceptors (Lipinski definition) is 2. The lowest BCUT2D eigenvalue weighted by atomic mass is 10.0. The van der Waals surface area contributed by atoms with Crippen LogP contribution in [-0.4, -0.2) is 6.10 Å². The van der Waals surface area contributed by atoms with Crippen LogP contribution in [0.15, 0.2) is 30.3 Å². The first-order chi connectivity index (χ1) is 8.27. The molecule has 0 aliphatic rings. The molecule has 1 aromatic rings. The van der Waals surface area contributed by atoms with Crippen LogP contribution in [0.3, 0.4) is 0 Å². The Hall–Kier alpha value is -0.860. The zero-order valence-corrected chi connectivity index (χ0v) is 11.3. The molecule has 0 fully saturated rings. The second-order valence-corrected chi connectivity index (χ2v) is 4.56. The van der Waals surface area contributed by atoms with Crippen molar-refractivity contribution < 1.29 is 4.84 Å². The molecule has 0 saturated heterocycles. The normalized spacial score (nSPS) is 14.5. The first-order valence-corrected chi connectivity index (χ1v) is 6.74. The SMILES string of the molecule is CCCCC(NOC(C)CC)c1ccccc1. The molecule has 0 aliphatic heterocycles. The first kappa shape index (κ1) is 14.2. The number of unbranched alkanes of at least 4 members (excludes halogenated alkanes) is 1. The van der Waals surface area contributed by atoms with Gasteiger partial charge in [0, 0.05) is 0 Å². The van der Waals surface area contributed by atoms with E-state index in [9.17, 15) is 0 Å². The van der Waals surface area contributed by atoms with Crippen LogP contribution in [0, 0.1) is 0 Å². The second kappa shape index (κ2) is 8.26. The molecule has 1 rings (SSSR count).